The Morgan fingerprint density at radius 3 is 2.52 bits per heavy atom. The molecule has 3 N–H and O–H groups in total. The third-order valence-electron chi connectivity index (χ3n) is 2.99. The van der Waals surface area contributed by atoms with E-state index in [-0.39, 0.29) is 0 Å². The number of esters is 1. The monoisotopic (exact) mass is 294 g/mol. The van der Waals surface area contributed by atoms with Crippen molar-refractivity contribution in [3.8, 4) is 17.2 Å². The number of nitrogens with two attached hydrogens (primary N) is 1. The maximum Gasteiger partial charge on any atom is 0.354 e. The molecule has 1 aromatic heterocycles. The summed E-state index contributed by atoms with van der Waals surface area (Å²) >= 11 is 0. The number of fused-ring (bicyclic) bond motifs is 1. The van der Waals surface area contributed by atoms with Gasteiger partial charge in [0.25, 0.3) is 0 Å². The molecule has 0 unspecified atom stereocenters. The molecule has 0 spiro atoms. The summed E-state index contributed by atoms with van der Waals surface area (Å²) in [5.41, 5.74) is 6.41. The molecule has 7 nitrogen and oxygen atoms in total. The summed E-state index contributed by atoms with van der Waals surface area (Å²) in [7, 11) is 4.37. The molecule has 21 heavy (non-hydrogen) atoms. The van der Waals surface area contributed by atoms with E-state index >= 15 is 0 Å². The predicted molar refractivity (Wildman–Crippen MR) is 77.3 cm³/mol. The summed E-state index contributed by atoms with van der Waals surface area (Å²) in [6.45, 7) is 0.686. The zero-order valence-corrected chi connectivity index (χ0v) is 12.2. The van der Waals surface area contributed by atoms with Crippen molar-refractivity contribution in [2.24, 2.45) is 5.73 Å². The number of nitrogens with one attached hydrogen (secondary N) is 1. The number of H-pyrrole nitrogens is 1. The van der Waals surface area contributed by atoms with Crippen LogP contribution in [0.25, 0.3) is 10.9 Å². The molecule has 0 amide bonds. The van der Waals surface area contributed by atoms with Gasteiger partial charge in [0.05, 0.1) is 26.8 Å². The van der Waals surface area contributed by atoms with E-state index in [9.17, 15) is 4.79 Å². The zero-order valence-electron chi connectivity index (χ0n) is 12.2. The smallest absolute Gasteiger partial charge is 0.354 e. The lowest BCUT2D eigenvalue weighted by Crippen LogP contribution is -2.11. The van der Waals surface area contributed by atoms with Crippen LogP contribution in [0, 0.1) is 0 Å². The molecular formula is C14H18N2O5. The summed E-state index contributed by atoms with van der Waals surface area (Å²) in [5, 5.41) is 0.754. The SMILES string of the molecule is COC(=O)c1cc2cc(OC)c(OCCN)c(OC)c2[nH]1. The lowest BCUT2D eigenvalue weighted by Gasteiger charge is -2.14. The molecule has 1 aromatic carbocycles. The van der Waals surface area contributed by atoms with Crippen molar-refractivity contribution in [3.05, 3.63) is 17.8 Å². The van der Waals surface area contributed by atoms with Crippen LogP contribution in [-0.4, -0.2) is 45.4 Å². The van der Waals surface area contributed by atoms with Crippen molar-refractivity contribution in [2.45, 2.75) is 0 Å². The van der Waals surface area contributed by atoms with Gasteiger partial charge in [-0.3, -0.25) is 0 Å². The molecule has 0 saturated heterocycles. The minimum atomic E-state index is -0.461. The van der Waals surface area contributed by atoms with Crippen molar-refractivity contribution in [1.29, 1.82) is 0 Å². The zero-order chi connectivity index (χ0) is 15.4. The Balaban J connectivity index is 2.63. The normalized spacial score (nSPS) is 10.5. The number of hydrogen-bond donors (Lipinski definition) is 2. The van der Waals surface area contributed by atoms with Gasteiger partial charge >= 0.3 is 5.97 Å². The molecule has 0 aliphatic heterocycles. The lowest BCUT2D eigenvalue weighted by molar-refractivity contribution is 0.0595. The van der Waals surface area contributed by atoms with Gasteiger partial charge in [0.2, 0.25) is 5.75 Å². The summed E-state index contributed by atoms with van der Waals surface area (Å²) in [4.78, 5) is 14.6. The van der Waals surface area contributed by atoms with Gasteiger partial charge in [-0.25, -0.2) is 4.79 Å². The van der Waals surface area contributed by atoms with Crippen LogP contribution in [0.1, 0.15) is 10.5 Å². The van der Waals surface area contributed by atoms with Crippen molar-refractivity contribution in [2.75, 3.05) is 34.5 Å². The molecular weight excluding hydrogens is 276 g/mol. The molecule has 114 valence electrons. The number of benzene rings is 1. The quantitative estimate of drug-likeness (QED) is 0.780. The molecule has 0 atom stereocenters. The van der Waals surface area contributed by atoms with Gasteiger partial charge in [0.15, 0.2) is 11.5 Å². The van der Waals surface area contributed by atoms with E-state index in [0.29, 0.717) is 41.6 Å². The first kappa shape index (κ1) is 15.0. The second kappa shape index (κ2) is 6.36. The summed E-state index contributed by atoms with van der Waals surface area (Å²) in [5.74, 6) is 0.934. The highest BCUT2D eigenvalue weighted by molar-refractivity contribution is 5.98. The summed E-state index contributed by atoms with van der Waals surface area (Å²) < 4.78 is 21.0. The molecule has 0 radical (unpaired) electrons. The van der Waals surface area contributed by atoms with E-state index in [2.05, 4.69) is 4.98 Å². The second-order valence-electron chi connectivity index (χ2n) is 4.22. The van der Waals surface area contributed by atoms with Crippen LogP contribution in [-0.2, 0) is 4.74 Å². The van der Waals surface area contributed by atoms with E-state index in [1.807, 2.05) is 0 Å². The molecule has 1 heterocycles. The Bertz CT molecular complexity index is 650. The molecule has 0 fully saturated rings. The average molecular weight is 294 g/mol. The van der Waals surface area contributed by atoms with Crippen LogP contribution in [0.3, 0.4) is 0 Å². The largest absolute Gasteiger partial charge is 0.493 e. The number of hydrogen-bond acceptors (Lipinski definition) is 6. The summed E-state index contributed by atoms with van der Waals surface area (Å²) in [6, 6.07) is 3.42. The molecule has 0 aliphatic carbocycles. The standard InChI is InChI=1S/C14H18N2O5/c1-18-10-7-8-6-9(14(17)20-3)16-11(8)13(19-2)12(10)21-5-4-15/h6-7,16H,4-5,15H2,1-3H3. The predicted octanol–water partition coefficient (Wildman–Crippen LogP) is 1.31. The second-order valence-corrected chi connectivity index (χ2v) is 4.22. The highest BCUT2D eigenvalue weighted by atomic mass is 16.5. The van der Waals surface area contributed by atoms with Gasteiger partial charge < -0.3 is 29.7 Å². The number of methoxy groups -OCH3 is 3. The number of aromatic nitrogens is 1. The lowest BCUT2D eigenvalue weighted by atomic mass is 10.2. The molecule has 0 aliphatic rings. The molecule has 0 saturated carbocycles. The Morgan fingerprint density at radius 2 is 1.95 bits per heavy atom. The van der Waals surface area contributed by atoms with Crippen molar-refractivity contribution < 1.29 is 23.7 Å². The van der Waals surface area contributed by atoms with Crippen LogP contribution in [0.15, 0.2) is 12.1 Å². The topological polar surface area (TPSA) is 95.8 Å². The minimum absolute atomic E-state index is 0.322. The van der Waals surface area contributed by atoms with Crippen LogP contribution < -0.4 is 19.9 Å². The Hall–Kier alpha value is -2.41. The van der Waals surface area contributed by atoms with Crippen molar-refractivity contribution in [1.82, 2.24) is 4.98 Å². The summed E-state index contributed by atoms with van der Waals surface area (Å²) in [6.07, 6.45) is 0. The van der Waals surface area contributed by atoms with Crippen LogP contribution >= 0.6 is 0 Å². The highest BCUT2D eigenvalue weighted by Gasteiger charge is 2.20. The van der Waals surface area contributed by atoms with E-state index in [0.717, 1.165) is 5.39 Å². The van der Waals surface area contributed by atoms with Crippen LogP contribution in [0.4, 0.5) is 0 Å². The molecule has 2 aromatic rings. The third-order valence-corrected chi connectivity index (χ3v) is 2.99. The van der Waals surface area contributed by atoms with E-state index in [4.69, 9.17) is 24.7 Å². The van der Waals surface area contributed by atoms with E-state index < -0.39 is 5.97 Å². The highest BCUT2D eigenvalue weighted by Crippen LogP contribution is 2.43. The molecule has 0 bridgehead atoms. The first-order valence-electron chi connectivity index (χ1n) is 6.35. The van der Waals surface area contributed by atoms with E-state index in [1.165, 1.54) is 21.3 Å². The Morgan fingerprint density at radius 1 is 1.19 bits per heavy atom. The van der Waals surface area contributed by atoms with Gasteiger partial charge in [-0.05, 0) is 12.1 Å². The van der Waals surface area contributed by atoms with Gasteiger partial charge in [-0.2, -0.15) is 0 Å². The maximum atomic E-state index is 11.6. The van der Waals surface area contributed by atoms with Gasteiger partial charge in [-0.1, -0.05) is 0 Å². The van der Waals surface area contributed by atoms with Gasteiger partial charge in [0.1, 0.15) is 12.3 Å². The van der Waals surface area contributed by atoms with Gasteiger partial charge in [-0.15, -0.1) is 0 Å². The van der Waals surface area contributed by atoms with Crippen LogP contribution in [0.2, 0.25) is 0 Å². The third kappa shape index (κ3) is 2.73. The van der Waals surface area contributed by atoms with E-state index in [1.54, 1.807) is 12.1 Å². The first-order valence-corrected chi connectivity index (χ1v) is 6.35. The average Bonchev–Trinajstić information content (AvgIpc) is 2.94. The number of rotatable bonds is 6. The van der Waals surface area contributed by atoms with Crippen molar-refractivity contribution >= 4 is 16.9 Å². The minimum Gasteiger partial charge on any atom is -0.493 e. The van der Waals surface area contributed by atoms with Gasteiger partial charge in [0, 0.05) is 11.9 Å². The number of aromatic amines is 1. The maximum absolute atomic E-state index is 11.6. The molecule has 2 rings (SSSR count). The number of ether oxygens (including phenoxy) is 4. The Labute approximate surface area is 121 Å². The van der Waals surface area contributed by atoms with Crippen LogP contribution in [0.5, 0.6) is 17.2 Å². The number of carbonyl (C=O) groups excluding carboxylic acids is 1. The van der Waals surface area contributed by atoms with Crippen molar-refractivity contribution in [3.63, 3.8) is 0 Å². The Kier molecular flexibility index (Phi) is 4.54. The number of carbonyl (C=O) groups is 1. The fourth-order valence-corrected chi connectivity index (χ4v) is 2.07. The first-order chi connectivity index (χ1) is 10.2. The fraction of sp³-hybridized carbons (Fsp3) is 0.357. The fourth-order valence-electron chi connectivity index (χ4n) is 2.07. The molecule has 7 heteroatoms.